The minimum absolute atomic E-state index is 0.0993. The van der Waals surface area contributed by atoms with Crippen LogP contribution in [0.1, 0.15) is 26.7 Å². The van der Waals surface area contributed by atoms with Crippen molar-refractivity contribution in [3.63, 3.8) is 0 Å². The number of carboxylic acids is 1. The number of aromatic carboxylic acids is 1. The highest BCUT2D eigenvalue weighted by molar-refractivity contribution is 9.10. The Bertz CT molecular complexity index is 666. The summed E-state index contributed by atoms with van der Waals surface area (Å²) in [6.45, 7) is 0.0993. The number of amides is 1. The molecule has 20 heavy (non-hydrogen) atoms. The third kappa shape index (κ3) is 3.18. The first kappa shape index (κ1) is 14.1. The number of nitrogens with two attached hydrogens (primary N) is 1. The lowest BCUT2D eigenvalue weighted by Crippen LogP contribution is -2.22. The number of anilines is 1. The molecule has 0 aliphatic carbocycles. The average Bonchev–Trinajstić information content (AvgIpc) is 2.88. The number of benzene rings is 1. The summed E-state index contributed by atoms with van der Waals surface area (Å²) in [6, 6.07) is 7.69. The van der Waals surface area contributed by atoms with E-state index in [1.807, 2.05) is 0 Å². The highest BCUT2D eigenvalue weighted by atomic mass is 79.9. The SMILES string of the molecule is Nc1cc(C(=O)NCc2ccc(C(=O)O)o2)ccc1Br. The van der Waals surface area contributed by atoms with E-state index < -0.39 is 5.97 Å². The molecule has 0 aliphatic heterocycles. The van der Waals surface area contributed by atoms with Crippen LogP contribution in [-0.4, -0.2) is 17.0 Å². The molecule has 104 valence electrons. The first-order chi connectivity index (χ1) is 9.47. The average molecular weight is 339 g/mol. The number of carbonyl (C=O) groups excluding carboxylic acids is 1. The lowest BCUT2D eigenvalue weighted by molar-refractivity contribution is 0.0660. The van der Waals surface area contributed by atoms with E-state index in [4.69, 9.17) is 15.3 Å². The molecule has 6 nitrogen and oxygen atoms in total. The molecule has 0 radical (unpaired) electrons. The summed E-state index contributed by atoms with van der Waals surface area (Å²) in [4.78, 5) is 22.5. The molecule has 1 heterocycles. The molecule has 0 unspecified atom stereocenters. The second-order valence-electron chi connectivity index (χ2n) is 3.99. The van der Waals surface area contributed by atoms with Gasteiger partial charge in [0.2, 0.25) is 5.76 Å². The molecule has 7 heteroatoms. The summed E-state index contributed by atoms with van der Waals surface area (Å²) < 4.78 is 5.74. The molecule has 0 aliphatic rings. The normalized spacial score (nSPS) is 10.2. The van der Waals surface area contributed by atoms with Crippen molar-refractivity contribution in [3.8, 4) is 0 Å². The van der Waals surface area contributed by atoms with Gasteiger partial charge >= 0.3 is 5.97 Å². The Morgan fingerprint density at radius 3 is 2.65 bits per heavy atom. The van der Waals surface area contributed by atoms with Gasteiger partial charge in [0.25, 0.3) is 5.91 Å². The van der Waals surface area contributed by atoms with Crippen LogP contribution >= 0.6 is 15.9 Å². The van der Waals surface area contributed by atoms with Gasteiger partial charge in [0.1, 0.15) is 5.76 Å². The Labute approximate surface area is 122 Å². The standard InChI is InChI=1S/C13H11BrN2O4/c14-9-3-1-7(5-10(9)15)12(17)16-6-8-2-4-11(20-8)13(18)19/h1-5H,6,15H2,(H,16,17)(H,18,19). The molecule has 0 atom stereocenters. The molecule has 0 saturated heterocycles. The predicted octanol–water partition coefficient (Wildman–Crippen LogP) is 2.25. The van der Waals surface area contributed by atoms with Crippen molar-refractivity contribution in [3.05, 3.63) is 51.9 Å². The van der Waals surface area contributed by atoms with Gasteiger partial charge in [-0.1, -0.05) is 0 Å². The van der Waals surface area contributed by atoms with Crippen LogP contribution in [0.5, 0.6) is 0 Å². The first-order valence-corrected chi connectivity index (χ1v) is 6.42. The van der Waals surface area contributed by atoms with Crippen molar-refractivity contribution in [1.29, 1.82) is 0 Å². The van der Waals surface area contributed by atoms with Crippen molar-refractivity contribution in [2.75, 3.05) is 5.73 Å². The Morgan fingerprint density at radius 1 is 1.30 bits per heavy atom. The summed E-state index contributed by atoms with van der Waals surface area (Å²) >= 11 is 3.24. The molecule has 0 bridgehead atoms. The topological polar surface area (TPSA) is 106 Å². The zero-order valence-electron chi connectivity index (χ0n) is 10.2. The second kappa shape index (κ2) is 5.79. The Morgan fingerprint density at radius 2 is 2.05 bits per heavy atom. The van der Waals surface area contributed by atoms with E-state index in [9.17, 15) is 9.59 Å². The summed E-state index contributed by atoms with van der Waals surface area (Å²) in [5, 5.41) is 11.3. The van der Waals surface area contributed by atoms with Crippen LogP contribution < -0.4 is 11.1 Å². The third-order valence-corrected chi connectivity index (χ3v) is 3.28. The molecule has 2 rings (SSSR count). The van der Waals surface area contributed by atoms with Crippen molar-refractivity contribution in [2.45, 2.75) is 6.54 Å². The maximum Gasteiger partial charge on any atom is 0.371 e. The van der Waals surface area contributed by atoms with E-state index in [-0.39, 0.29) is 18.2 Å². The fourth-order valence-electron chi connectivity index (χ4n) is 1.54. The monoisotopic (exact) mass is 338 g/mol. The molecule has 0 fully saturated rings. The predicted molar refractivity (Wildman–Crippen MR) is 75.4 cm³/mol. The number of furan rings is 1. The van der Waals surface area contributed by atoms with Gasteiger partial charge in [-0.25, -0.2) is 4.79 Å². The lowest BCUT2D eigenvalue weighted by Gasteiger charge is -2.05. The summed E-state index contributed by atoms with van der Waals surface area (Å²) in [7, 11) is 0. The minimum Gasteiger partial charge on any atom is -0.475 e. The van der Waals surface area contributed by atoms with E-state index >= 15 is 0 Å². The maximum absolute atomic E-state index is 11.9. The van der Waals surface area contributed by atoms with Gasteiger partial charge in [-0.2, -0.15) is 0 Å². The molecule has 0 spiro atoms. The summed E-state index contributed by atoms with van der Waals surface area (Å²) in [5.74, 6) is -1.27. The molecule has 1 aromatic heterocycles. The fraction of sp³-hybridized carbons (Fsp3) is 0.0769. The molecule has 1 aromatic carbocycles. The zero-order chi connectivity index (χ0) is 14.7. The summed E-state index contributed by atoms with van der Waals surface area (Å²) in [5.41, 5.74) is 6.57. The third-order valence-electron chi connectivity index (χ3n) is 2.55. The van der Waals surface area contributed by atoms with E-state index in [0.29, 0.717) is 21.5 Å². The smallest absolute Gasteiger partial charge is 0.371 e. The number of carboxylic acid groups (broad SMARTS) is 1. The number of nitrogen functional groups attached to an aromatic ring is 1. The highest BCUT2D eigenvalue weighted by Crippen LogP contribution is 2.20. The van der Waals surface area contributed by atoms with Crippen LogP contribution in [0, 0.1) is 0 Å². The van der Waals surface area contributed by atoms with Crippen LogP contribution in [0.3, 0.4) is 0 Å². The Kier molecular flexibility index (Phi) is 4.09. The van der Waals surface area contributed by atoms with E-state index in [0.717, 1.165) is 0 Å². The molecular weight excluding hydrogens is 328 g/mol. The van der Waals surface area contributed by atoms with E-state index in [1.54, 1.807) is 18.2 Å². The molecule has 1 amide bonds. The van der Waals surface area contributed by atoms with Gasteiger partial charge in [0, 0.05) is 15.7 Å². The van der Waals surface area contributed by atoms with Gasteiger partial charge in [0.05, 0.1) is 6.54 Å². The molecule has 0 saturated carbocycles. The largest absolute Gasteiger partial charge is 0.475 e. The number of nitrogens with one attached hydrogen (secondary N) is 1. The summed E-state index contributed by atoms with van der Waals surface area (Å²) in [6.07, 6.45) is 0. The fourth-order valence-corrected chi connectivity index (χ4v) is 1.79. The van der Waals surface area contributed by atoms with Gasteiger partial charge in [0.15, 0.2) is 0 Å². The van der Waals surface area contributed by atoms with Crippen molar-refractivity contribution >= 4 is 33.5 Å². The zero-order valence-corrected chi connectivity index (χ0v) is 11.8. The van der Waals surface area contributed by atoms with Gasteiger partial charge in [-0.05, 0) is 46.3 Å². The van der Waals surface area contributed by atoms with Crippen molar-refractivity contribution in [2.24, 2.45) is 0 Å². The van der Waals surface area contributed by atoms with Crippen LogP contribution in [0.25, 0.3) is 0 Å². The Hall–Kier alpha value is -2.28. The highest BCUT2D eigenvalue weighted by Gasteiger charge is 2.11. The minimum atomic E-state index is -1.15. The number of rotatable bonds is 4. The number of hydrogen-bond acceptors (Lipinski definition) is 4. The second-order valence-corrected chi connectivity index (χ2v) is 4.84. The van der Waals surface area contributed by atoms with Crippen LogP contribution in [0.2, 0.25) is 0 Å². The van der Waals surface area contributed by atoms with Gasteiger partial charge in [-0.15, -0.1) is 0 Å². The number of halogens is 1. The molecule has 2 aromatic rings. The van der Waals surface area contributed by atoms with Gasteiger partial charge < -0.3 is 20.6 Å². The van der Waals surface area contributed by atoms with Crippen molar-refractivity contribution < 1.29 is 19.1 Å². The number of carbonyl (C=O) groups is 2. The lowest BCUT2D eigenvalue weighted by atomic mass is 10.2. The van der Waals surface area contributed by atoms with E-state index in [2.05, 4.69) is 21.2 Å². The number of hydrogen-bond donors (Lipinski definition) is 3. The maximum atomic E-state index is 11.9. The first-order valence-electron chi connectivity index (χ1n) is 5.62. The van der Waals surface area contributed by atoms with E-state index in [1.165, 1.54) is 12.1 Å². The molecular formula is C13H11BrN2O4. The van der Waals surface area contributed by atoms with Crippen LogP contribution in [0.15, 0.2) is 39.2 Å². The van der Waals surface area contributed by atoms with Crippen LogP contribution in [0.4, 0.5) is 5.69 Å². The van der Waals surface area contributed by atoms with Crippen molar-refractivity contribution in [1.82, 2.24) is 5.32 Å². The Balaban J connectivity index is 2.00. The van der Waals surface area contributed by atoms with Crippen LogP contribution in [-0.2, 0) is 6.54 Å². The quantitative estimate of drug-likeness (QED) is 0.741. The molecule has 4 N–H and O–H groups in total. The van der Waals surface area contributed by atoms with Gasteiger partial charge in [-0.3, -0.25) is 4.79 Å².